The third kappa shape index (κ3) is 4.92. The lowest BCUT2D eigenvalue weighted by Crippen LogP contribution is -2.24. The average molecular weight is 291 g/mol. The lowest BCUT2D eigenvalue weighted by atomic mass is 10.1. The maximum Gasteiger partial charge on any atom is 0.161 e. The van der Waals surface area contributed by atoms with Crippen LogP contribution in [-0.4, -0.2) is 18.8 Å². The van der Waals surface area contributed by atoms with Crippen molar-refractivity contribution in [1.82, 2.24) is 5.32 Å². The summed E-state index contributed by atoms with van der Waals surface area (Å²) < 4.78 is 11.9. The molecule has 0 saturated heterocycles. The summed E-state index contributed by atoms with van der Waals surface area (Å²) in [5.41, 5.74) is 1.25. The normalized spacial score (nSPS) is 16.9. The standard InChI is InChI=1S/C18H29NO2/c1-4-14(3)19-13-15-10-11-17(18(12-15)20-5-2)21-16-8-6-7-9-16/h10-12,14,16,19H,4-9,13H2,1-3H3/t14-/m0/s1. The summed E-state index contributed by atoms with van der Waals surface area (Å²) >= 11 is 0. The molecular weight excluding hydrogens is 262 g/mol. The van der Waals surface area contributed by atoms with Crippen molar-refractivity contribution in [3.05, 3.63) is 23.8 Å². The van der Waals surface area contributed by atoms with Gasteiger partial charge in [-0.25, -0.2) is 0 Å². The molecule has 1 N–H and O–H groups in total. The molecule has 0 unspecified atom stereocenters. The molecule has 1 aromatic carbocycles. The zero-order chi connectivity index (χ0) is 15.1. The fraction of sp³-hybridized carbons (Fsp3) is 0.667. The van der Waals surface area contributed by atoms with Crippen molar-refractivity contribution < 1.29 is 9.47 Å². The van der Waals surface area contributed by atoms with E-state index in [2.05, 4.69) is 37.4 Å². The van der Waals surface area contributed by atoms with Gasteiger partial charge in [0.2, 0.25) is 0 Å². The molecule has 1 atom stereocenters. The van der Waals surface area contributed by atoms with E-state index in [0.717, 1.165) is 24.5 Å². The molecule has 1 aliphatic rings. The Morgan fingerprint density at radius 2 is 1.95 bits per heavy atom. The summed E-state index contributed by atoms with van der Waals surface area (Å²) in [6.07, 6.45) is 6.41. The first-order valence-electron chi connectivity index (χ1n) is 8.38. The van der Waals surface area contributed by atoms with Crippen LogP contribution in [0.25, 0.3) is 0 Å². The smallest absolute Gasteiger partial charge is 0.161 e. The van der Waals surface area contributed by atoms with E-state index >= 15 is 0 Å². The molecule has 118 valence electrons. The lowest BCUT2D eigenvalue weighted by molar-refractivity contribution is 0.196. The molecule has 0 aromatic heterocycles. The third-order valence-corrected chi connectivity index (χ3v) is 4.17. The van der Waals surface area contributed by atoms with Crippen molar-refractivity contribution in [3.63, 3.8) is 0 Å². The summed E-state index contributed by atoms with van der Waals surface area (Å²) in [7, 11) is 0. The van der Waals surface area contributed by atoms with E-state index in [4.69, 9.17) is 9.47 Å². The first-order valence-corrected chi connectivity index (χ1v) is 8.38. The SMILES string of the molecule is CCOc1cc(CN[C@@H](C)CC)ccc1OC1CCCC1. The number of hydrogen-bond acceptors (Lipinski definition) is 3. The highest BCUT2D eigenvalue weighted by molar-refractivity contribution is 5.43. The van der Waals surface area contributed by atoms with Crippen molar-refractivity contribution in [3.8, 4) is 11.5 Å². The Bertz CT molecular complexity index is 427. The Hall–Kier alpha value is -1.22. The second kappa shape index (κ2) is 8.28. The van der Waals surface area contributed by atoms with Crippen LogP contribution >= 0.6 is 0 Å². The molecule has 1 saturated carbocycles. The minimum absolute atomic E-state index is 0.369. The molecule has 0 heterocycles. The third-order valence-electron chi connectivity index (χ3n) is 4.17. The summed E-state index contributed by atoms with van der Waals surface area (Å²) in [6, 6.07) is 6.86. The van der Waals surface area contributed by atoms with Crippen LogP contribution in [0.4, 0.5) is 0 Å². The fourth-order valence-electron chi connectivity index (χ4n) is 2.65. The number of ether oxygens (including phenoxy) is 2. The van der Waals surface area contributed by atoms with Gasteiger partial charge in [-0.1, -0.05) is 13.0 Å². The number of nitrogens with one attached hydrogen (secondary N) is 1. The first kappa shape index (κ1) is 16.2. The summed E-state index contributed by atoms with van der Waals surface area (Å²) in [5, 5.41) is 3.51. The van der Waals surface area contributed by atoms with Crippen molar-refractivity contribution in [2.75, 3.05) is 6.61 Å². The van der Waals surface area contributed by atoms with Crippen LogP contribution in [0.3, 0.4) is 0 Å². The van der Waals surface area contributed by atoms with Gasteiger partial charge in [0, 0.05) is 12.6 Å². The van der Waals surface area contributed by atoms with Crippen LogP contribution in [0, 0.1) is 0 Å². The van der Waals surface area contributed by atoms with Gasteiger partial charge in [-0.15, -0.1) is 0 Å². The Morgan fingerprint density at radius 1 is 1.19 bits per heavy atom. The van der Waals surface area contributed by atoms with E-state index in [-0.39, 0.29) is 0 Å². The van der Waals surface area contributed by atoms with Crippen LogP contribution in [0.2, 0.25) is 0 Å². The van der Waals surface area contributed by atoms with E-state index < -0.39 is 0 Å². The molecule has 2 rings (SSSR count). The van der Waals surface area contributed by atoms with E-state index in [9.17, 15) is 0 Å². The van der Waals surface area contributed by atoms with Crippen LogP contribution < -0.4 is 14.8 Å². The van der Waals surface area contributed by atoms with Gasteiger partial charge in [0.15, 0.2) is 11.5 Å². The van der Waals surface area contributed by atoms with Gasteiger partial charge >= 0.3 is 0 Å². The highest BCUT2D eigenvalue weighted by Gasteiger charge is 2.18. The topological polar surface area (TPSA) is 30.5 Å². The summed E-state index contributed by atoms with van der Waals surface area (Å²) in [5.74, 6) is 1.78. The first-order chi connectivity index (χ1) is 10.2. The lowest BCUT2D eigenvalue weighted by Gasteiger charge is -2.18. The van der Waals surface area contributed by atoms with Crippen molar-refractivity contribution in [2.24, 2.45) is 0 Å². The molecule has 1 fully saturated rings. The van der Waals surface area contributed by atoms with Gasteiger partial charge < -0.3 is 14.8 Å². The highest BCUT2D eigenvalue weighted by Crippen LogP contribution is 2.32. The highest BCUT2D eigenvalue weighted by atomic mass is 16.5. The van der Waals surface area contributed by atoms with Crippen LogP contribution in [0.5, 0.6) is 11.5 Å². The monoisotopic (exact) mass is 291 g/mol. The molecule has 0 bridgehead atoms. The average Bonchev–Trinajstić information content (AvgIpc) is 3.00. The van der Waals surface area contributed by atoms with Crippen LogP contribution in [-0.2, 0) is 6.54 Å². The van der Waals surface area contributed by atoms with E-state index in [1.54, 1.807) is 0 Å². The molecule has 3 heteroatoms. The zero-order valence-corrected chi connectivity index (χ0v) is 13.7. The predicted molar refractivity (Wildman–Crippen MR) is 87.1 cm³/mol. The minimum atomic E-state index is 0.369. The number of benzene rings is 1. The van der Waals surface area contributed by atoms with Crippen molar-refractivity contribution in [2.45, 2.75) is 71.6 Å². The molecule has 1 aliphatic carbocycles. The zero-order valence-electron chi connectivity index (χ0n) is 13.7. The van der Waals surface area contributed by atoms with E-state index in [1.165, 1.54) is 31.2 Å². The van der Waals surface area contributed by atoms with Gasteiger partial charge in [-0.3, -0.25) is 0 Å². The molecule has 0 aliphatic heterocycles. The van der Waals surface area contributed by atoms with Crippen LogP contribution in [0.15, 0.2) is 18.2 Å². The molecule has 0 radical (unpaired) electrons. The van der Waals surface area contributed by atoms with Gasteiger partial charge in [0.1, 0.15) is 0 Å². The van der Waals surface area contributed by atoms with Gasteiger partial charge in [0.25, 0.3) is 0 Å². The Morgan fingerprint density at radius 3 is 2.62 bits per heavy atom. The Kier molecular flexibility index (Phi) is 6.37. The molecule has 1 aromatic rings. The predicted octanol–water partition coefficient (Wildman–Crippen LogP) is 4.29. The largest absolute Gasteiger partial charge is 0.490 e. The quantitative estimate of drug-likeness (QED) is 0.775. The fourth-order valence-corrected chi connectivity index (χ4v) is 2.65. The van der Waals surface area contributed by atoms with Gasteiger partial charge in [-0.05, 0) is 63.6 Å². The molecule has 21 heavy (non-hydrogen) atoms. The number of rotatable bonds is 8. The summed E-state index contributed by atoms with van der Waals surface area (Å²) in [6.45, 7) is 7.97. The maximum absolute atomic E-state index is 6.12. The molecule has 0 amide bonds. The Balaban J connectivity index is 2.02. The molecule has 0 spiro atoms. The van der Waals surface area contributed by atoms with Crippen molar-refractivity contribution in [1.29, 1.82) is 0 Å². The van der Waals surface area contributed by atoms with Crippen LogP contribution in [0.1, 0.15) is 58.4 Å². The van der Waals surface area contributed by atoms with E-state index in [1.807, 2.05) is 6.92 Å². The van der Waals surface area contributed by atoms with Crippen molar-refractivity contribution >= 4 is 0 Å². The second-order valence-corrected chi connectivity index (χ2v) is 5.93. The number of hydrogen-bond donors (Lipinski definition) is 1. The maximum atomic E-state index is 6.12. The summed E-state index contributed by atoms with van der Waals surface area (Å²) in [4.78, 5) is 0. The molecular formula is C18H29NO2. The molecule has 3 nitrogen and oxygen atoms in total. The Labute approximate surface area is 129 Å². The van der Waals surface area contributed by atoms with Gasteiger partial charge in [-0.2, -0.15) is 0 Å². The minimum Gasteiger partial charge on any atom is -0.490 e. The van der Waals surface area contributed by atoms with E-state index in [0.29, 0.717) is 18.8 Å². The van der Waals surface area contributed by atoms with Gasteiger partial charge in [0.05, 0.1) is 12.7 Å². The second-order valence-electron chi connectivity index (χ2n) is 5.93.